The van der Waals surface area contributed by atoms with E-state index in [1.807, 2.05) is 0 Å². The Hall–Kier alpha value is -0.980. The smallest absolute Gasteiger partial charge is 0.240 e. The van der Waals surface area contributed by atoms with Crippen molar-refractivity contribution in [2.75, 3.05) is 13.2 Å². The van der Waals surface area contributed by atoms with Crippen molar-refractivity contribution < 1.29 is 17.5 Å². The molecule has 1 atom stereocenters. The molecule has 2 rings (SSSR count). The van der Waals surface area contributed by atoms with Crippen LogP contribution in [0.1, 0.15) is 24.8 Å². The van der Waals surface area contributed by atoms with E-state index in [0.717, 1.165) is 25.5 Å². The second kappa shape index (κ2) is 5.98. The number of halogens is 1. The van der Waals surface area contributed by atoms with Crippen LogP contribution in [0.4, 0.5) is 4.39 Å². The van der Waals surface area contributed by atoms with Gasteiger partial charge in [0.1, 0.15) is 5.82 Å². The summed E-state index contributed by atoms with van der Waals surface area (Å²) in [6.45, 7) is 2.68. The van der Waals surface area contributed by atoms with Gasteiger partial charge in [0.05, 0.1) is 11.0 Å². The lowest BCUT2D eigenvalue weighted by Gasteiger charge is -2.12. The zero-order valence-electron chi connectivity index (χ0n) is 10.9. The average molecular weight is 287 g/mol. The highest BCUT2D eigenvalue weighted by molar-refractivity contribution is 7.89. The van der Waals surface area contributed by atoms with E-state index < -0.39 is 15.8 Å². The molecule has 0 amide bonds. The van der Waals surface area contributed by atoms with E-state index in [0.29, 0.717) is 18.5 Å². The Morgan fingerprint density at radius 1 is 1.47 bits per heavy atom. The normalized spacial score (nSPS) is 19.8. The maximum atomic E-state index is 13.0. The lowest BCUT2D eigenvalue weighted by Crippen LogP contribution is -2.27. The zero-order chi connectivity index (χ0) is 13.9. The van der Waals surface area contributed by atoms with Gasteiger partial charge in [0.2, 0.25) is 10.0 Å². The third-order valence-corrected chi connectivity index (χ3v) is 4.83. The van der Waals surface area contributed by atoms with Gasteiger partial charge in [-0.1, -0.05) is 0 Å². The Morgan fingerprint density at radius 2 is 2.26 bits per heavy atom. The van der Waals surface area contributed by atoms with Gasteiger partial charge in [-0.3, -0.25) is 0 Å². The number of hydrogen-bond acceptors (Lipinski definition) is 3. The third-order valence-electron chi connectivity index (χ3n) is 3.21. The second-order valence-corrected chi connectivity index (χ2v) is 6.47. The molecule has 1 N–H and O–H groups in total. The molecular formula is C13H18FNO3S. The van der Waals surface area contributed by atoms with Gasteiger partial charge < -0.3 is 4.74 Å². The SMILES string of the molecule is Cc1cc(F)ccc1S(=O)(=O)NCCC1CCCO1. The highest BCUT2D eigenvalue weighted by Crippen LogP contribution is 2.17. The number of nitrogens with one attached hydrogen (secondary N) is 1. The molecule has 1 heterocycles. The van der Waals surface area contributed by atoms with Crippen molar-refractivity contribution in [3.63, 3.8) is 0 Å². The van der Waals surface area contributed by atoms with Gasteiger partial charge in [-0.2, -0.15) is 0 Å². The quantitative estimate of drug-likeness (QED) is 0.901. The first-order chi connectivity index (χ1) is 8.99. The molecule has 4 nitrogen and oxygen atoms in total. The highest BCUT2D eigenvalue weighted by atomic mass is 32.2. The molecule has 106 valence electrons. The average Bonchev–Trinajstić information content (AvgIpc) is 2.81. The summed E-state index contributed by atoms with van der Waals surface area (Å²) in [5.41, 5.74) is 0.407. The molecule has 1 unspecified atom stereocenters. The minimum atomic E-state index is -3.57. The van der Waals surface area contributed by atoms with E-state index in [1.54, 1.807) is 6.92 Å². The van der Waals surface area contributed by atoms with Gasteiger partial charge in [0, 0.05) is 13.2 Å². The number of aryl methyl sites for hydroxylation is 1. The Kier molecular flexibility index (Phi) is 4.54. The van der Waals surface area contributed by atoms with Crippen LogP contribution in [0.3, 0.4) is 0 Å². The number of rotatable bonds is 5. The fraction of sp³-hybridized carbons (Fsp3) is 0.538. The lowest BCUT2D eigenvalue weighted by atomic mass is 10.2. The Bertz CT molecular complexity index is 539. The molecule has 0 bridgehead atoms. The largest absolute Gasteiger partial charge is 0.378 e. The second-order valence-electron chi connectivity index (χ2n) is 4.73. The molecule has 1 fully saturated rings. The molecule has 1 aromatic carbocycles. The minimum Gasteiger partial charge on any atom is -0.378 e. The van der Waals surface area contributed by atoms with Gasteiger partial charge >= 0.3 is 0 Å². The predicted octanol–water partition coefficient (Wildman–Crippen LogP) is 1.98. The van der Waals surface area contributed by atoms with E-state index in [1.165, 1.54) is 12.1 Å². The predicted molar refractivity (Wildman–Crippen MR) is 69.9 cm³/mol. The number of hydrogen-bond donors (Lipinski definition) is 1. The summed E-state index contributed by atoms with van der Waals surface area (Å²) < 4.78 is 45.0. The van der Waals surface area contributed by atoms with E-state index in [4.69, 9.17) is 4.74 Å². The molecular weight excluding hydrogens is 269 g/mol. The minimum absolute atomic E-state index is 0.126. The third kappa shape index (κ3) is 3.75. The number of benzene rings is 1. The first kappa shape index (κ1) is 14.4. The summed E-state index contributed by atoms with van der Waals surface area (Å²) >= 11 is 0. The standard InChI is InChI=1S/C13H18FNO3S/c1-10-9-11(14)4-5-13(10)19(16,17)15-7-6-12-3-2-8-18-12/h4-5,9,12,15H,2-3,6-8H2,1H3. The monoisotopic (exact) mass is 287 g/mol. The Labute approximate surface area is 113 Å². The number of sulfonamides is 1. The molecule has 0 radical (unpaired) electrons. The molecule has 6 heteroatoms. The number of ether oxygens (including phenoxy) is 1. The summed E-state index contributed by atoms with van der Waals surface area (Å²) in [7, 11) is -3.57. The molecule has 1 aliphatic rings. The van der Waals surface area contributed by atoms with Crippen molar-refractivity contribution in [3.8, 4) is 0 Å². The zero-order valence-corrected chi connectivity index (χ0v) is 11.7. The van der Waals surface area contributed by atoms with Gasteiger partial charge in [-0.05, 0) is 49.9 Å². The van der Waals surface area contributed by atoms with Crippen LogP contribution in [-0.4, -0.2) is 27.7 Å². The van der Waals surface area contributed by atoms with Crippen LogP contribution in [0.2, 0.25) is 0 Å². The molecule has 0 aliphatic carbocycles. The van der Waals surface area contributed by atoms with Crippen LogP contribution >= 0.6 is 0 Å². The van der Waals surface area contributed by atoms with Gasteiger partial charge in [0.25, 0.3) is 0 Å². The van der Waals surface area contributed by atoms with Gasteiger partial charge in [0.15, 0.2) is 0 Å². The molecule has 1 saturated heterocycles. The van der Waals surface area contributed by atoms with Crippen molar-refractivity contribution in [1.29, 1.82) is 0 Å². The van der Waals surface area contributed by atoms with Crippen molar-refractivity contribution in [2.45, 2.75) is 37.2 Å². The highest BCUT2D eigenvalue weighted by Gasteiger charge is 2.19. The molecule has 1 aliphatic heterocycles. The Balaban J connectivity index is 1.97. The lowest BCUT2D eigenvalue weighted by molar-refractivity contribution is 0.105. The molecule has 1 aromatic rings. The molecule has 0 spiro atoms. The maximum Gasteiger partial charge on any atom is 0.240 e. The molecule has 19 heavy (non-hydrogen) atoms. The fourth-order valence-electron chi connectivity index (χ4n) is 2.22. The van der Waals surface area contributed by atoms with Crippen molar-refractivity contribution >= 4 is 10.0 Å². The summed E-state index contributed by atoms with van der Waals surface area (Å²) in [6, 6.07) is 3.66. The van der Waals surface area contributed by atoms with E-state index in [-0.39, 0.29) is 11.0 Å². The topological polar surface area (TPSA) is 55.4 Å². The van der Waals surface area contributed by atoms with Crippen LogP contribution in [-0.2, 0) is 14.8 Å². The van der Waals surface area contributed by atoms with Crippen LogP contribution in [0.15, 0.2) is 23.1 Å². The molecule has 0 saturated carbocycles. The van der Waals surface area contributed by atoms with E-state index in [2.05, 4.69) is 4.72 Å². The van der Waals surface area contributed by atoms with Crippen LogP contribution in [0, 0.1) is 12.7 Å². The first-order valence-electron chi connectivity index (χ1n) is 6.36. The summed E-state index contributed by atoms with van der Waals surface area (Å²) in [5, 5.41) is 0. The maximum absolute atomic E-state index is 13.0. The summed E-state index contributed by atoms with van der Waals surface area (Å²) in [6.07, 6.45) is 2.84. The van der Waals surface area contributed by atoms with Crippen molar-refractivity contribution in [1.82, 2.24) is 4.72 Å². The Morgan fingerprint density at radius 3 is 2.89 bits per heavy atom. The van der Waals surface area contributed by atoms with Crippen molar-refractivity contribution in [2.24, 2.45) is 0 Å². The van der Waals surface area contributed by atoms with E-state index in [9.17, 15) is 12.8 Å². The molecule has 0 aromatic heterocycles. The van der Waals surface area contributed by atoms with Gasteiger partial charge in [-0.15, -0.1) is 0 Å². The van der Waals surface area contributed by atoms with Crippen molar-refractivity contribution in [3.05, 3.63) is 29.6 Å². The van der Waals surface area contributed by atoms with Crippen LogP contribution in [0.25, 0.3) is 0 Å². The summed E-state index contributed by atoms with van der Waals surface area (Å²) in [4.78, 5) is 0.126. The first-order valence-corrected chi connectivity index (χ1v) is 7.85. The fourth-order valence-corrected chi connectivity index (χ4v) is 3.49. The van der Waals surface area contributed by atoms with Crippen LogP contribution in [0.5, 0.6) is 0 Å². The summed E-state index contributed by atoms with van der Waals surface area (Å²) in [5.74, 6) is -0.434. The van der Waals surface area contributed by atoms with E-state index >= 15 is 0 Å². The van der Waals surface area contributed by atoms with Gasteiger partial charge in [-0.25, -0.2) is 17.5 Å². The van der Waals surface area contributed by atoms with Crippen LogP contribution < -0.4 is 4.72 Å².